The normalized spacial score (nSPS) is 18.1. The second-order valence-electron chi connectivity index (χ2n) is 5.83. The first-order chi connectivity index (χ1) is 9.68. The summed E-state index contributed by atoms with van der Waals surface area (Å²) in [4.78, 5) is 4.71. The van der Waals surface area contributed by atoms with Crippen molar-refractivity contribution in [2.24, 2.45) is 0 Å². The number of aromatic nitrogens is 1. The lowest BCUT2D eigenvalue weighted by atomic mass is 9.83. The van der Waals surface area contributed by atoms with E-state index in [4.69, 9.17) is 9.72 Å². The molecule has 1 heterocycles. The zero-order valence-corrected chi connectivity index (χ0v) is 13.1. The van der Waals surface area contributed by atoms with Gasteiger partial charge in [0.15, 0.2) is 5.13 Å². The molecule has 0 unspecified atom stereocenters. The van der Waals surface area contributed by atoms with Crippen LogP contribution in [-0.4, -0.2) is 17.1 Å². The Morgan fingerprint density at radius 2 is 2.10 bits per heavy atom. The number of ether oxygens (including phenoxy) is 1. The van der Waals surface area contributed by atoms with Crippen LogP contribution < -0.4 is 10.1 Å². The highest BCUT2D eigenvalue weighted by molar-refractivity contribution is 7.22. The highest BCUT2D eigenvalue weighted by Gasteiger charge is 2.27. The topological polar surface area (TPSA) is 34.1 Å². The predicted octanol–water partition coefficient (Wildman–Crippen LogP) is 4.83. The summed E-state index contributed by atoms with van der Waals surface area (Å²) in [6.07, 6.45) is 6.50. The van der Waals surface area contributed by atoms with Gasteiger partial charge < -0.3 is 10.1 Å². The molecule has 1 aliphatic carbocycles. The average molecular weight is 290 g/mol. The van der Waals surface area contributed by atoms with Gasteiger partial charge in [-0.05, 0) is 44.9 Å². The molecule has 1 aliphatic rings. The maximum Gasteiger partial charge on any atom is 0.184 e. The Morgan fingerprint density at radius 3 is 2.85 bits per heavy atom. The van der Waals surface area contributed by atoms with Crippen LogP contribution in [0.3, 0.4) is 0 Å². The summed E-state index contributed by atoms with van der Waals surface area (Å²) in [5.74, 6) is 0.930. The summed E-state index contributed by atoms with van der Waals surface area (Å²) >= 11 is 1.73. The third-order valence-corrected chi connectivity index (χ3v) is 4.97. The second kappa shape index (κ2) is 5.60. The van der Waals surface area contributed by atoms with E-state index < -0.39 is 0 Å². The van der Waals surface area contributed by atoms with Crippen molar-refractivity contribution in [1.82, 2.24) is 4.98 Å². The minimum absolute atomic E-state index is 0.217. The van der Waals surface area contributed by atoms with Crippen LogP contribution in [0.15, 0.2) is 18.2 Å². The van der Waals surface area contributed by atoms with E-state index in [2.05, 4.69) is 18.3 Å². The first-order valence-electron chi connectivity index (χ1n) is 7.50. The lowest BCUT2D eigenvalue weighted by Gasteiger charge is -2.34. The molecule has 3 rings (SSSR count). The number of benzene rings is 1. The van der Waals surface area contributed by atoms with Gasteiger partial charge in [-0.25, -0.2) is 4.98 Å². The molecule has 0 radical (unpaired) electrons. The van der Waals surface area contributed by atoms with E-state index >= 15 is 0 Å². The second-order valence-corrected chi connectivity index (χ2v) is 6.86. The Morgan fingerprint density at radius 1 is 1.30 bits per heavy atom. The van der Waals surface area contributed by atoms with Crippen LogP contribution in [-0.2, 0) is 0 Å². The van der Waals surface area contributed by atoms with E-state index in [9.17, 15) is 0 Å². The molecule has 3 nitrogen and oxygen atoms in total. The van der Waals surface area contributed by atoms with Gasteiger partial charge in [0.05, 0.1) is 16.8 Å². The monoisotopic (exact) mass is 290 g/mol. The fourth-order valence-corrected chi connectivity index (χ4v) is 3.97. The minimum Gasteiger partial charge on any atom is -0.494 e. The molecule has 0 saturated heterocycles. The average Bonchev–Trinajstić information content (AvgIpc) is 2.80. The van der Waals surface area contributed by atoms with Gasteiger partial charge >= 0.3 is 0 Å². The molecular weight excluding hydrogens is 268 g/mol. The van der Waals surface area contributed by atoms with Gasteiger partial charge in [-0.2, -0.15) is 0 Å². The summed E-state index contributed by atoms with van der Waals surface area (Å²) in [6.45, 7) is 5.03. The summed E-state index contributed by atoms with van der Waals surface area (Å²) in [5, 5.41) is 4.70. The van der Waals surface area contributed by atoms with Crippen molar-refractivity contribution in [3.8, 4) is 5.75 Å². The number of anilines is 1. The summed E-state index contributed by atoms with van der Waals surface area (Å²) in [7, 11) is 0. The number of hydrogen-bond acceptors (Lipinski definition) is 4. The lowest BCUT2D eigenvalue weighted by Crippen LogP contribution is -2.36. The molecule has 2 aromatic rings. The Bertz CT molecular complexity index is 587. The molecule has 108 valence electrons. The van der Waals surface area contributed by atoms with E-state index in [0.717, 1.165) is 16.4 Å². The first kappa shape index (κ1) is 13.7. The van der Waals surface area contributed by atoms with Gasteiger partial charge in [-0.15, -0.1) is 0 Å². The largest absolute Gasteiger partial charge is 0.494 e. The number of rotatable bonds is 4. The van der Waals surface area contributed by atoms with Gasteiger partial charge in [0.2, 0.25) is 0 Å². The third kappa shape index (κ3) is 2.90. The SMILES string of the molecule is CCOc1ccc2nc(NC3(C)CCCCC3)sc2c1. The van der Waals surface area contributed by atoms with Crippen molar-refractivity contribution in [1.29, 1.82) is 0 Å². The molecule has 1 aromatic carbocycles. The highest BCUT2D eigenvalue weighted by Crippen LogP contribution is 2.35. The minimum atomic E-state index is 0.217. The maximum absolute atomic E-state index is 5.55. The quantitative estimate of drug-likeness (QED) is 0.875. The van der Waals surface area contributed by atoms with Crippen molar-refractivity contribution in [3.05, 3.63) is 18.2 Å². The Balaban J connectivity index is 1.81. The van der Waals surface area contributed by atoms with Gasteiger partial charge in [0.25, 0.3) is 0 Å². The van der Waals surface area contributed by atoms with Crippen molar-refractivity contribution in [2.75, 3.05) is 11.9 Å². The molecule has 0 bridgehead atoms. The highest BCUT2D eigenvalue weighted by atomic mass is 32.1. The van der Waals surface area contributed by atoms with E-state index in [1.807, 2.05) is 19.1 Å². The Labute approximate surface area is 124 Å². The molecule has 0 amide bonds. The number of hydrogen-bond donors (Lipinski definition) is 1. The number of thiazole rings is 1. The zero-order chi connectivity index (χ0) is 14.0. The molecular formula is C16H22N2OS. The lowest BCUT2D eigenvalue weighted by molar-refractivity contribution is 0.341. The molecule has 20 heavy (non-hydrogen) atoms. The molecule has 1 aromatic heterocycles. The van der Waals surface area contributed by atoms with Gasteiger partial charge in [0.1, 0.15) is 5.75 Å². The fourth-order valence-electron chi connectivity index (χ4n) is 2.93. The Kier molecular flexibility index (Phi) is 3.83. The van der Waals surface area contributed by atoms with Crippen molar-refractivity contribution in [3.63, 3.8) is 0 Å². The third-order valence-electron chi connectivity index (χ3n) is 4.04. The maximum atomic E-state index is 5.55. The summed E-state index contributed by atoms with van der Waals surface area (Å²) < 4.78 is 6.74. The van der Waals surface area contributed by atoms with Crippen LogP contribution in [0, 0.1) is 0 Å². The van der Waals surface area contributed by atoms with Crippen LogP contribution >= 0.6 is 11.3 Å². The van der Waals surface area contributed by atoms with Gasteiger partial charge in [-0.3, -0.25) is 0 Å². The zero-order valence-electron chi connectivity index (χ0n) is 12.2. The molecule has 1 fully saturated rings. The van der Waals surface area contributed by atoms with E-state index in [-0.39, 0.29) is 5.54 Å². The van der Waals surface area contributed by atoms with Gasteiger partial charge in [-0.1, -0.05) is 30.6 Å². The number of nitrogens with zero attached hydrogens (tertiary/aromatic N) is 1. The molecule has 1 saturated carbocycles. The summed E-state index contributed by atoms with van der Waals surface area (Å²) in [6, 6.07) is 6.13. The van der Waals surface area contributed by atoms with Crippen LogP contribution in [0.5, 0.6) is 5.75 Å². The molecule has 4 heteroatoms. The van der Waals surface area contributed by atoms with Crippen LogP contribution in [0.25, 0.3) is 10.2 Å². The van der Waals surface area contributed by atoms with E-state index in [1.54, 1.807) is 11.3 Å². The van der Waals surface area contributed by atoms with Crippen LogP contribution in [0.4, 0.5) is 5.13 Å². The van der Waals surface area contributed by atoms with E-state index in [1.165, 1.54) is 36.8 Å². The standard InChI is InChI=1S/C16H22N2OS/c1-3-19-12-7-8-13-14(11-12)20-15(17-13)18-16(2)9-5-4-6-10-16/h7-8,11H,3-6,9-10H2,1-2H3,(H,17,18). The number of fused-ring (bicyclic) bond motifs is 1. The van der Waals surface area contributed by atoms with E-state index in [0.29, 0.717) is 6.61 Å². The predicted molar refractivity (Wildman–Crippen MR) is 85.9 cm³/mol. The summed E-state index contributed by atoms with van der Waals surface area (Å²) in [5.41, 5.74) is 1.27. The molecule has 0 atom stereocenters. The fraction of sp³-hybridized carbons (Fsp3) is 0.562. The molecule has 0 aliphatic heterocycles. The smallest absolute Gasteiger partial charge is 0.184 e. The number of nitrogens with one attached hydrogen (secondary N) is 1. The Hall–Kier alpha value is -1.29. The first-order valence-corrected chi connectivity index (χ1v) is 8.32. The van der Waals surface area contributed by atoms with Crippen LogP contribution in [0.2, 0.25) is 0 Å². The van der Waals surface area contributed by atoms with Crippen LogP contribution in [0.1, 0.15) is 46.0 Å². The molecule has 1 N–H and O–H groups in total. The van der Waals surface area contributed by atoms with Crippen molar-refractivity contribution in [2.45, 2.75) is 51.5 Å². The molecule has 0 spiro atoms. The van der Waals surface area contributed by atoms with Gasteiger partial charge in [0, 0.05) is 5.54 Å². The van der Waals surface area contributed by atoms with Crippen molar-refractivity contribution >= 4 is 26.7 Å². The van der Waals surface area contributed by atoms with Crippen molar-refractivity contribution < 1.29 is 4.74 Å².